The molecule has 0 saturated heterocycles. The van der Waals surface area contributed by atoms with Gasteiger partial charge in [0.2, 0.25) is 0 Å². The normalized spacial score (nSPS) is 11.8. The zero-order valence-corrected chi connectivity index (χ0v) is 36.7. The van der Waals surface area contributed by atoms with Crippen molar-refractivity contribution in [2.45, 2.75) is 0 Å². The number of nitrogens with zero attached hydrogens (tertiary/aromatic N) is 1. The van der Waals surface area contributed by atoms with Crippen LogP contribution < -0.4 is 4.90 Å². The molecule has 0 saturated carbocycles. The Bertz CT molecular complexity index is 4090. The monoisotopic (exact) mass is 869 g/mol. The molecule has 4 heteroatoms. The van der Waals surface area contributed by atoms with Crippen molar-refractivity contribution in [3.8, 4) is 44.5 Å². The Kier molecular flexibility index (Phi) is 8.55. The lowest BCUT2D eigenvalue weighted by atomic mass is 9.96. The molecule has 0 amide bonds. The van der Waals surface area contributed by atoms with E-state index in [4.69, 9.17) is 13.3 Å². The Labute approximate surface area is 391 Å². The standard InChI is InChI=1S/C64H39NO3/c1-4-17-57-53(10-1)54-16-7-15-52(64(54)68-57)46-25-24-44-38-43(22-23-45(44)39-46)40-26-32-47(33-27-40)65(48-34-28-41(29-35-48)50-13-8-20-60-62(50)55-11-2-5-18-58(55)66-60)49-36-30-42(31-37-49)51-14-9-21-61-63(51)56-12-3-6-19-59(56)67-61/h1-39H. The molecule has 0 N–H and O–H groups in total. The van der Waals surface area contributed by atoms with Crippen molar-refractivity contribution in [3.05, 3.63) is 237 Å². The van der Waals surface area contributed by atoms with Gasteiger partial charge in [0.05, 0.1) is 0 Å². The summed E-state index contributed by atoms with van der Waals surface area (Å²) in [6.45, 7) is 0. The van der Waals surface area contributed by atoms with E-state index in [1.165, 1.54) is 16.3 Å². The molecule has 14 aromatic rings. The molecule has 0 aliphatic rings. The predicted octanol–water partition coefficient (Wildman–Crippen LogP) is 18.7. The van der Waals surface area contributed by atoms with Crippen LogP contribution in [0.4, 0.5) is 17.1 Å². The summed E-state index contributed by atoms with van der Waals surface area (Å²) >= 11 is 0. The first-order chi connectivity index (χ1) is 33.7. The van der Waals surface area contributed by atoms with Crippen LogP contribution >= 0.6 is 0 Å². The predicted molar refractivity (Wildman–Crippen MR) is 282 cm³/mol. The largest absolute Gasteiger partial charge is 0.456 e. The second-order valence-corrected chi connectivity index (χ2v) is 17.6. The van der Waals surface area contributed by atoms with Crippen LogP contribution in [0.5, 0.6) is 0 Å². The summed E-state index contributed by atoms with van der Waals surface area (Å²) < 4.78 is 18.9. The van der Waals surface area contributed by atoms with Crippen LogP contribution in [0, 0.1) is 0 Å². The van der Waals surface area contributed by atoms with Gasteiger partial charge in [-0.3, -0.25) is 0 Å². The van der Waals surface area contributed by atoms with Gasteiger partial charge in [0, 0.05) is 54.9 Å². The third kappa shape index (κ3) is 6.15. The second kappa shape index (κ2) is 15.2. The van der Waals surface area contributed by atoms with Crippen molar-refractivity contribution in [2.75, 3.05) is 4.90 Å². The van der Waals surface area contributed by atoms with Gasteiger partial charge in [-0.05, 0) is 129 Å². The van der Waals surface area contributed by atoms with Crippen LogP contribution in [0.25, 0.3) is 121 Å². The molecular weight excluding hydrogens is 831 g/mol. The van der Waals surface area contributed by atoms with E-state index in [9.17, 15) is 0 Å². The van der Waals surface area contributed by atoms with Gasteiger partial charge in [-0.15, -0.1) is 0 Å². The van der Waals surface area contributed by atoms with E-state index in [1.807, 2.05) is 36.4 Å². The molecule has 0 unspecified atom stereocenters. The molecule has 318 valence electrons. The third-order valence-electron chi connectivity index (χ3n) is 13.7. The van der Waals surface area contributed by atoms with Gasteiger partial charge < -0.3 is 18.2 Å². The van der Waals surface area contributed by atoms with E-state index in [0.717, 1.165) is 122 Å². The summed E-state index contributed by atoms with van der Waals surface area (Å²) in [5.74, 6) is 0. The molecule has 0 atom stereocenters. The zero-order valence-electron chi connectivity index (χ0n) is 36.7. The van der Waals surface area contributed by atoms with E-state index in [2.05, 4.69) is 205 Å². The molecule has 11 aromatic carbocycles. The molecule has 0 radical (unpaired) electrons. The smallest absolute Gasteiger partial charge is 0.143 e. The highest BCUT2D eigenvalue weighted by atomic mass is 16.3. The molecule has 0 aliphatic carbocycles. The van der Waals surface area contributed by atoms with E-state index in [-0.39, 0.29) is 0 Å². The number of hydrogen-bond donors (Lipinski definition) is 0. The quantitative estimate of drug-likeness (QED) is 0.160. The van der Waals surface area contributed by atoms with Gasteiger partial charge in [0.1, 0.15) is 33.5 Å². The fourth-order valence-corrected chi connectivity index (χ4v) is 10.4. The minimum atomic E-state index is 0.890. The average molecular weight is 870 g/mol. The van der Waals surface area contributed by atoms with Crippen LogP contribution in [0.3, 0.4) is 0 Å². The zero-order chi connectivity index (χ0) is 44.7. The highest BCUT2D eigenvalue weighted by molar-refractivity contribution is 6.14. The lowest BCUT2D eigenvalue weighted by Gasteiger charge is -2.26. The minimum Gasteiger partial charge on any atom is -0.456 e. The maximum absolute atomic E-state index is 6.40. The maximum atomic E-state index is 6.40. The molecule has 4 nitrogen and oxygen atoms in total. The number of anilines is 3. The van der Waals surface area contributed by atoms with Gasteiger partial charge >= 0.3 is 0 Å². The first-order valence-corrected chi connectivity index (χ1v) is 23.0. The van der Waals surface area contributed by atoms with Crippen molar-refractivity contribution in [1.29, 1.82) is 0 Å². The van der Waals surface area contributed by atoms with E-state index in [1.54, 1.807) is 0 Å². The van der Waals surface area contributed by atoms with Crippen molar-refractivity contribution >= 4 is 93.7 Å². The first kappa shape index (κ1) is 38.2. The van der Waals surface area contributed by atoms with Crippen molar-refractivity contribution in [1.82, 2.24) is 0 Å². The summed E-state index contributed by atoms with van der Waals surface area (Å²) in [7, 11) is 0. The Morgan fingerprint density at radius 1 is 0.250 bits per heavy atom. The summed E-state index contributed by atoms with van der Waals surface area (Å²) in [5, 5.41) is 9.16. The molecule has 0 aliphatic heterocycles. The van der Waals surface area contributed by atoms with Crippen LogP contribution in [0.1, 0.15) is 0 Å². The highest BCUT2D eigenvalue weighted by Crippen LogP contribution is 2.43. The van der Waals surface area contributed by atoms with E-state index in [0.29, 0.717) is 0 Å². The first-order valence-electron chi connectivity index (χ1n) is 23.0. The number of para-hydroxylation sites is 4. The summed E-state index contributed by atoms with van der Waals surface area (Å²) in [5.41, 5.74) is 17.7. The Balaban J connectivity index is 0.827. The molecule has 3 heterocycles. The molecule has 0 fully saturated rings. The number of fused-ring (bicyclic) bond motifs is 10. The van der Waals surface area contributed by atoms with E-state index < -0.39 is 0 Å². The van der Waals surface area contributed by atoms with E-state index >= 15 is 0 Å². The topological polar surface area (TPSA) is 42.7 Å². The van der Waals surface area contributed by atoms with Crippen molar-refractivity contribution in [2.24, 2.45) is 0 Å². The second-order valence-electron chi connectivity index (χ2n) is 17.6. The third-order valence-corrected chi connectivity index (χ3v) is 13.7. The lowest BCUT2D eigenvalue weighted by Crippen LogP contribution is -2.09. The van der Waals surface area contributed by atoms with Crippen molar-refractivity contribution < 1.29 is 13.3 Å². The van der Waals surface area contributed by atoms with Crippen LogP contribution in [0.2, 0.25) is 0 Å². The summed E-state index contributed by atoms with van der Waals surface area (Å²) in [4.78, 5) is 2.34. The van der Waals surface area contributed by atoms with Crippen LogP contribution in [-0.2, 0) is 0 Å². The molecule has 3 aromatic heterocycles. The maximum Gasteiger partial charge on any atom is 0.143 e. The molecule has 68 heavy (non-hydrogen) atoms. The lowest BCUT2D eigenvalue weighted by molar-refractivity contribution is 0.668. The summed E-state index contributed by atoms with van der Waals surface area (Å²) in [6, 6.07) is 84.1. The summed E-state index contributed by atoms with van der Waals surface area (Å²) in [6.07, 6.45) is 0. The highest BCUT2D eigenvalue weighted by Gasteiger charge is 2.18. The van der Waals surface area contributed by atoms with Gasteiger partial charge in [-0.2, -0.15) is 0 Å². The molecule has 0 spiro atoms. The minimum absolute atomic E-state index is 0.890. The molecule has 0 bridgehead atoms. The van der Waals surface area contributed by atoms with Crippen LogP contribution in [0.15, 0.2) is 250 Å². The number of rotatable bonds is 7. The number of furan rings is 3. The molecular formula is C64H39NO3. The average Bonchev–Trinajstić information content (AvgIpc) is 4.11. The van der Waals surface area contributed by atoms with Gasteiger partial charge in [0.25, 0.3) is 0 Å². The molecule has 14 rings (SSSR count). The van der Waals surface area contributed by atoms with Gasteiger partial charge in [-0.25, -0.2) is 0 Å². The SMILES string of the molecule is c1ccc2c(c1)oc1c(-c3ccc4cc(-c5ccc(N(c6ccc(-c7cccc8oc9ccccc9c78)cc6)c6ccc(-c7cccc8oc9ccccc9c78)cc6)cc5)ccc4c3)cccc12. The fourth-order valence-electron chi connectivity index (χ4n) is 10.4. The van der Waals surface area contributed by atoms with Crippen molar-refractivity contribution in [3.63, 3.8) is 0 Å². The Hall–Kier alpha value is -9.12. The van der Waals surface area contributed by atoms with Crippen LogP contribution in [-0.4, -0.2) is 0 Å². The Morgan fingerprint density at radius 3 is 1.21 bits per heavy atom. The number of benzene rings is 11. The Morgan fingerprint density at radius 2 is 0.647 bits per heavy atom. The van der Waals surface area contributed by atoms with Gasteiger partial charge in [0.15, 0.2) is 0 Å². The van der Waals surface area contributed by atoms with Gasteiger partial charge in [-0.1, -0.05) is 158 Å². The number of hydrogen-bond acceptors (Lipinski definition) is 4. The fraction of sp³-hybridized carbons (Fsp3) is 0.